The first-order chi connectivity index (χ1) is 10.3. The summed E-state index contributed by atoms with van der Waals surface area (Å²) < 4.78 is 0. The van der Waals surface area contributed by atoms with Gasteiger partial charge in [-0.2, -0.15) is 11.8 Å². The summed E-state index contributed by atoms with van der Waals surface area (Å²) in [7, 11) is 0. The highest BCUT2D eigenvalue weighted by atomic mass is 32.2. The van der Waals surface area contributed by atoms with Crippen LogP contribution < -0.4 is 10.6 Å². The van der Waals surface area contributed by atoms with Crippen LogP contribution in [0.1, 0.15) is 38.2 Å². The van der Waals surface area contributed by atoms with Gasteiger partial charge in [-0.05, 0) is 24.3 Å². The molecule has 2 N–H and O–H groups in total. The lowest BCUT2D eigenvalue weighted by Crippen LogP contribution is -2.46. The molecule has 0 saturated heterocycles. The summed E-state index contributed by atoms with van der Waals surface area (Å²) in [5.74, 6) is 2.56. The molecule has 4 heteroatoms. The average Bonchev–Trinajstić information content (AvgIpc) is 2.50. The van der Waals surface area contributed by atoms with E-state index in [1.807, 2.05) is 17.8 Å². The minimum absolute atomic E-state index is 0.00550. The molecule has 1 fully saturated rings. The number of hydrogen-bond acceptors (Lipinski definition) is 2. The van der Waals surface area contributed by atoms with E-state index in [1.54, 1.807) is 0 Å². The molecule has 1 aromatic carbocycles. The third kappa shape index (κ3) is 6.00. The predicted molar refractivity (Wildman–Crippen MR) is 90.6 cm³/mol. The minimum atomic E-state index is -0.00550. The number of amides is 2. The van der Waals surface area contributed by atoms with Crippen molar-refractivity contribution in [3.8, 4) is 0 Å². The first kappa shape index (κ1) is 16.2. The quantitative estimate of drug-likeness (QED) is 0.785. The van der Waals surface area contributed by atoms with Crippen molar-refractivity contribution in [2.45, 2.75) is 44.4 Å². The molecule has 3 nitrogen and oxygen atoms in total. The molecule has 2 atom stereocenters. The Morgan fingerprint density at radius 3 is 2.76 bits per heavy atom. The number of benzene rings is 1. The Kier molecular flexibility index (Phi) is 6.93. The van der Waals surface area contributed by atoms with E-state index in [4.69, 9.17) is 0 Å². The third-order valence-electron chi connectivity index (χ3n) is 4.07. The van der Waals surface area contributed by atoms with Crippen LogP contribution in [-0.4, -0.2) is 24.4 Å². The van der Waals surface area contributed by atoms with E-state index in [0.29, 0.717) is 12.0 Å². The highest BCUT2D eigenvalue weighted by Crippen LogP contribution is 2.23. The molecule has 0 unspecified atom stereocenters. The van der Waals surface area contributed by atoms with Crippen LogP contribution in [0, 0.1) is 5.92 Å². The number of hydrogen-bond donors (Lipinski definition) is 2. The molecule has 21 heavy (non-hydrogen) atoms. The Bertz CT molecular complexity index is 424. The van der Waals surface area contributed by atoms with Gasteiger partial charge in [-0.3, -0.25) is 0 Å². The molecule has 2 amide bonds. The van der Waals surface area contributed by atoms with Crippen molar-refractivity contribution in [1.29, 1.82) is 0 Å². The third-order valence-corrected chi connectivity index (χ3v) is 5.10. The highest BCUT2D eigenvalue weighted by molar-refractivity contribution is 7.98. The summed E-state index contributed by atoms with van der Waals surface area (Å²) in [6.07, 6.45) is 4.90. The number of carbonyl (C=O) groups excluding carboxylic acids is 1. The zero-order chi connectivity index (χ0) is 14.9. The van der Waals surface area contributed by atoms with Crippen LogP contribution in [-0.2, 0) is 5.75 Å². The fourth-order valence-electron chi connectivity index (χ4n) is 2.75. The summed E-state index contributed by atoms with van der Waals surface area (Å²) in [6.45, 7) is 2.96. The van der Waals surface area contributed by atoms with Gasteiger partial charge < -0.3 is 10.6 Å². The first-order valence-corrected chi connectivity index (χ1v) is 9.07. The smallest absolute Gasteiger partial charge is 0.315 e. The van der Waals surface area contributed by atoms with Gasteiger partial charge >= 0.3 is 6.03 Å². The van der Waals surface area contributed by atoms with Crippen molar-refractivity contribution in [1.82, 2.24) is 10.6 Å². The van der Waals surface area contributed by atoms with Crippen LogP contribution in [0.5, 0.6) is 0 Å². The standard InChI is InChI=1S/C17H26N2OS/c1-14-7-5-6-10-16(14)19-17(20)18-11-12-21-13-15-8-3-2-4-9-15/h2-4,8-9,14,16H,5-7,10-13H2,1H3,(H2,18,19,20)/t14-,16-/m0/s1. The zero-order valence-corrected chi connectivity index (χ0v) is 13.6. The van der Waals surface area contributed by atoms with Gasteiger partial charge in [0.2, 0.25) is 0 Å². The molecule has 0 bridgehead atoms. The Morgan fingerprint density at radius 1 is 1.24 bits per heavy atom. The highest BCUT2D eigenvalue weighted by Gasteiger charge is 2.22. The van der Waals surface area contributed by atoms with Crippen molar-refractivity contribution in [2.75, 3.05) is 12.3 Å². The van der Waals surface area contributed by atoms with E-state index in [0.717, 1.165) is 24.5 Å². The summed E-state index contributed by atoms with van der Waals surface area (Å²) in [5, 5.41) is 6.08. The van der Waals surface area contributed by atoms with E-state index in [1.165, 1.54) is 24.8 Å². The predicted octanol–water partition coefficient (Wildman–Crippen LogP) is 3.80. The van der Waals surface area contributed by atoms with Crippen LogP contribution in [0.25, 0.3) is 0 Å². The van der Waals surface area contributed by atoms with Gasteiger partial charge in [-0.1, -0.05) is 50.1 Å². The Hall–Kier alpha value is -1.16. The SMILES string of the molecule is C[C@H]1CCCC[C@@H]1NC(=O)NCCSCc1ccccc1. The summed E-state index contributed by atoms with van der Waals surface area (Å²) in [6, 6.07) is 10.8. The maximum Gasteiger partial charge on any atom is 0.315 e. The average molecular weight is 306 g/mol. The maximum atomic E-state index is 11.9. The maximum absolute atomic E-state index is 11.9. The minimum Gasteiger partial charge on any atom is -0.337 e. The fourth-order valence-corrected chi connectivity index (χ4v) is 3.57. The van der Waals surface area contributed by atoms with Gasteiger partial charge in [-0.15, -0.1) is 0 Å². The monoisotopic (exact) mass is 306 g/mol. The number of urea groups is 1. The lowest BCUT2D eigenvalue weighted by molar-refractivity contribution is 0.222. The Morgan fingerprint density at radius 2 is 2.00 bits per heavy atom. The molecular weight excluding hydrogens is 280 g/mol. The van der Waals surface area contributed by atoms with Gasteiger partial charge in [0.05, 0.1) is 0 Å². The molecular formula is C17H26N2OS. The molecule has 0 heterocycles. The largest absolute Gasteiger partial charge is 0.337 e. The lowest BCUT2D eigenvalue weighted by Gasteiger charge is -2.29. The van der Waals surface area contributed by atoms with E-state index in [2.05, 4.69) is 41.8 Å². The van der Waals surface area contributed by atoms with Gasteiger partial charge in [0.1, 0.15) is 0 Å². The molecule has 0 aliphatic heterocycles. The number of nitrogens with one attached hydrogen (secondary N) is 2. The molecule has 0 aromatic heterocycles. The summed E-state index contributed by atoms with van der Waals surface area (Å²) >= 11 is 1.85. The molecule has 1 aliphatic carbocycles. The Balaban J connectivity index is 1.55. The van der Waals surface area contributed by atoms with Crippen molar-refractivity contribution < 1.29 is 4.79 Å². The van der Waals surface area contributed by atoms with Crippen molar-refractivity contribution in [2.24, 2.45) is 5.92 Å². The number of rotatable bonds is 6. The van der Waals surface area contributed by atoms with E-state index >= 15 is 0 Å². The molecule has 1 aromatic rings. The second-order valence-corrected chi connectivity index (χ2v) is 6.91. The van der Waals surface area contributed by atoms with E-state index in [9.17, 15) is 4.79 Å². The van der Waals surface area contributed by atoms with Crippen molar-refractivity contribution in [3.05, 3.63) is 35.9 Å². The van der Waals surface area contributed by atoms with Gasteiger partial charge in [0.15, 0.2) is 0 Å². The molecule has 2 rings (SSSR count). The van der Waals surface area contributed by atoms with Crippen LogP contribution in [0.3, 0.4) is 0 Å². The van der Waals surface area contributed by atoms with E-state index in [-0.39, 0.29) is 6.03 Å². The molecule has 1 aliphatic rings. The molecule has 116 valence electrons. The van der Waals surface area contributed by atoms with Crippen LogP contribution >= 0.6 is 11.8 Å². The van der Waals surface area contributed by atoms with Gasteiger partial charge in [0, 0.05) is 24.1 Å². The first-order valence-electron chi connectivity index (χ1n) is 7.92. The summed E-state index contributed by atoms with van der Waals surface area (Å²) in [4.78, 5) is 11.9. The normalized spacial score (nSPS) is 21.8. The lowest BCUT2D eigenvalue weighted by atomic mass is 9.86. The molecule has 1 saturated carbocycles. The van der Waals surface area contributed by atoms with Crippen LogP contribution in [0.2, 0.25) is 0 Å². The van der Waals surface area contributed by atoms with E-state index < -0.39 is 0 Å². The Labute approximate surface area is 132 Å². The van der Waals surface area contributed by atoms with Crippen molar-refractivity contribution >= 4 is 17.8 Å². The fraction of sp³-hybridized carbons (Fsp3) is 0.588. The zero-order valence-electron chi connectivity index (χ0n) is 12.8. The van der Waals surface area contributed by atoms with Crippen LogP contribution in [0.4, 0.5) is 4.79 Å². The second kappa shape index (κ2) is 8.98. The molecule has 0 radical (unpaired) electrons. The topological polar surface area (TPSA) is 41.1 Å². The van der Waals surface area contributed by atoms with Crippen molar-refractivity contribution in [3.63, 3.8) is 0 Å². The van der Waals surface area contributed by atoms with Gasteiger partial charge in [0.25, 0.3) is 0 Å². The number of thioether (sulfide) groups is 1. The summed E-state index contributed by atoms with van der Waals surface area (Å²) in [5.41, 5.74) is 1.34. The molecule has 0 spiro atoms. The van der Waals surface area contributed by atoms with Gasteiger partial charge in [-0.25, -0.2) is 4.79 Å². The van der Waals surface area contributed by atoms with Crippen LogP contribution in [0.15, 0.2) is 30.3 Å². The number of carbonyl (C=O) groups is 1. The second-order valence-electron chi connectivity index (χ2n) is 5.81.